The summed E-state index contributed by atoms with van der Waals surface area (Å²) in [5.41, 5.74) is 3.79. The van der Waals surface area contributed by atoms with Gasteiger partial charge in [-0.2, -0.15) is 0 Å². The maximum atomic E-state index is 9.38. The third-order valence-electron chi connectivity index (χ3n) is 4.11. The van der Waals surface area contributed by atoms with Gasteiger partial charge in [0.15, 0.2) is 0 Å². The molecule has 2 aromatic carbocycles. The second-order valence-corrected chi connectivity index (χ2v) is 6.17. The molecule has 0 fully saturated rings. The molecule has 25 heavy (non-hydrogen) atoms. The Morgan fingerprint density at radius 1 is 0.880 bits per heavy atom. The van der Waals surface area contributed by atoms with Crippen molar-refractivity contribution in [3.8, 4) is 22.5 Å². The highest BCUT2D eigenvalue weighted by Crippen LogP contribution is 2.30. The number of nitrogens with zero attached hydrogens (tertiary/aromatic N) is 3. The Morgan fingerprint density at radius 2 is 1.44 bits per heavy atom. The summed E-state index contributed by atoms with van der Waals surface area (Å²) in [6.07, 6.45) is 1.80. The molecule has 0 saturated carbocycles. The average molecular weight is 333 g/mol. The molecule has 0 amide bonds. The second kappa shape index (κ2) is 7.90. The van der Waals surface area contributed by atoms with Crippen LogP contribution in [-0.2, 0) is 0 Å². The summed E-state index contributed by atoms with van der Waals surface area (Å²) >= 11 is 0. The molecule has 0 unspecified atom stereocenters. The van der Waals surface area contributed by atoms with Crippen molar-refractivity contribution in [2.24, 2.45) is 0 Å². The van der Waals surface area contributed by atoms with E-state index in [1.54, 1.807) is 6.20 Å². The van der Waals surface area contributed by atoms with Crippen LogP contribution in [0.3, 0.4) is 0 Å². The molecule has 0 aliphatic rings. The zero-order valence-electron chi connectivity index (χ0n) is 14.6. The van der Waals surface area contributed by atoms with E-state index in [2.05, 4.69) is 18.7 Å². The summed E-state index contributed by atoms with van der Waals surface area (Å²) in [5.74, 6) is 0.780. The molecule has 0 radical (unpaired) electrons. The standard InChI is InChI=1S/C21H23N3O/c1-16(2)24(13-14-25)19-15-22-20(17-9-5-3-6-10-17)21(23-19)18-11-7-4-8-12-18/h3-12,15-16,25H,13-14H2,1-2H3. The van der Waals surface area contributed by atoms with Crippen LogP contribution >= 0.6 is 0 Å². The Bertz CT molecular complexity index is 804. The highest BCUT2D eigenvalue weighted by atomic mass is 16.3. The fourth-order valence-electron chi connectivity index (χ4n) is 2.87. The Morgan fingerprint density at radius 3 is 1.96 bits per heavy atom. The lowest BCUT2D eigenvalue weighted by Crippen LogP contribution is -2.34. The van der Waals surface area contributed by atoms with Crippen LogP contribution in [0.1, 0.15) is 13.8 Å². The number of hydrogen-bond donors (Lipinski definition) is 1. The van der Waals surface area contributed by atoms with E-state index in [1.807, 2.05) is 60.7 Å². The Hall–Kier alpha value is -2.72. The minimum Gasteiger partial charge on any atom is -0.395 e. The van der Waals surface area contributed by atoms with Crippen molar-refractivity contribution in [3.05, 3.63) is 66.9 Å². The Kier molecular flexibility index (Phi) is 5.41. The fourth-order valence-corrected chi connectivity index (χ4v) is 2.87. The number of anilines is 1. The maximum Gasteiger partial charge on any atom is 0.148 e. The average Bonchev–Trinajstić information content (AvgIpc) is 2.67. The summed E-state index contributed by atoms with van der Waals surface area (Å²) in [7, 11) is 0. The number of rotatable bonds is 6. The predicted octanol–water partition coefficient (Wildman–Crippen LogP) is 4.02. The van der Waals surface area contributed by atoms with E-state index in [0.29, 0.717) is 6.54 Å². The van der Waals surface area contributed by atoms with Crippen LogP contribution in [0.4, 0.5) is 5.82 Å². The summed E-state index contributed by atoms with van der Waals surface area (Å²) in [6, 6.07) is 20.4. The zero-order chi connectivity index (χ0) is 17.6. The first-order valence-corrected chi connectivity index (χ1v) is 8.56. The van der Waals surface area contributed by atoms with Gasteiger partial charge in [0.1, 0.15) is 5.82 Å². The van der Waals surface area contributed by atoms with Gasteiger partial charge >= 0.3 is 0 Å². The molecule has 0 bridgehead atoms. The molecule has 128 valence electrons. The van der Waals surface area contributed by atoms with Crippen molar-refractivity contribution >= 4 is 5.82 Å². The van der Waals surface area contributed by atoms with E-state index in [0.717, 1.165) is 28.3 Å². The lowest BCUT2D eigenvalue weighted by atomic mass is 10.0. The second-order valence-electron chi connectivity index (χ2n) is 6.17. The molecular formula is C21H23N3O. The van der Waals surface area contributed by atoms with Gasteiger partial charge in [-0.05, 0) is 13.8 Å². The summed E-state index contributed by atoms with van der Waals surface area (Å²) < 4.78 is 0. The first kappa shape index (κ1) is 17.1. The van der Waals surface area contributed by atoms with Crippen LogP contribution in [0.25, 0.3) is 22.5 Å². The summed E-state index contributed by atoms with van der Waals surface area (Å²) in [4.78, 5) is 11.7. The number of aliphatic hydroxyl groups excluding tert-OH is 1. The van der Waals surface area contributed by atoms with Gasteiger partial charge < -0.3 is 10.0 Å². The molecule has 3 rings (SSSR count). The molecule has 1 N–H and O–H groups in total. The lowest BCUT2D eigenvalue weighted by molar-refractivity contribution is 0.298. The summed E-state index contributed by atoms with van der Waals surface area (Å²) in [6.45, 7) is 4.79. The lowest BCUT2D eigenvalue weighted by Gasteiger charge is -2.27. The molecular weight excluding hydrogens is 310 g/mol. The molecule has 4 heteroatoms. The van der Waals surface area contributed by atoms with E-state index in [1.165, 1.54) is 0 Å². The van der Waals surface area contributed by atoms with Gasteiger partial charge in [0.25, 0.3) is 0 Å². The monoisotopic (exact) mass is 333 g/mol. The molecule has 0 atom stereocenters. The Balaban J connectivity index is 2.14. The van der Waals surface area contributed by atoms with E-state index in [-0.39, 0.29) is 12.6 Å². The van der Waals surface area contributed by atoms with E-state index >= 15 is 0 Å². The van der Waals surface area contributed by atoms with Crippen LogP contribution in [-0.4, -0.2) is 34.3 Å². The van der Waals surface area contributed by atoms with Gasteiger partial charge in [0, 0.05) is 23.7 Å². The molecule has 0 spiro atoms. The number of aromatic nitrogens is 2. The van der Waals surface area contributed by atoms with E-state index < -0.39 is 0 Å². The van der Waals surface area contributed by atoms with Crippen LogP contribution < -0.4 is 4.90 Å². The van der Waals surface area contributed by atoms with E-state index in [9.17, 15) is 5.11 Å². The predicted molar refractivity (Wildman–Crippen MR) is 102 cm³/mol. The van der Waals surface area contributed by atoms with Crippen molar-refractivity contribution in [2.75, 3.05) is 18.1 Å². The van der Waals surface area contributed by atoms with Gasteiger partial charge in [-0.25, -0.2) is 4.98 Å². The Labute approximate surface area is 148 Å². The SMILES string of the molecule is CC(C)N(CCO)c1cnc(-c2ccccc2)c(-c2ccccc2)n1. The van der Waals surface area contributed by atoms with Crippen LogP contribution in [0.5, 0.6) is 0 Å². The van der Waals surface area contributed by atoms with Crippen molar-refractivity contribution < 1.29 is 5.11 Å². The summed E-state index contributed by atoms with van der Waals surface area (Å²) in [5, 5.41) is 9.38. The fraction of sp³-hybridized carbons (Fsp3) is 0.238. The molecule has 3 aromatic rings. The van der Waals surface area contributed by atoms with Crippen LogP contribution in [0, 0.1) is 0 Å². The van der Waals surface area contributed by atoms with Crippen molar-refractivity contribution in [2.45, 2.75) is 19.9 Å². The third-order valence-corrected chi connectivity index (χ3v) is 4.11. The number of aliphatic hydroxyl groups is 1. The van der Waals surface area contributed by atoms with Crippen molar-refractivity contribution in [1.82, 2.24) is 9.97 Å². The molecule has 0 saturated heterocycles. The zero-order valence-corrected chi connectivity index (χ0v) is 14.6. The van der Waals surface area contributed by atoms with Crippen LogP contribution in [0.15, 0.2) is 66.9 Å². The van der Waals surface area contributed by atoms with Gasteiger partial charge in [-0.1, -0.05) is 60.7 Å². The highest BCUT2D eigenvalue weighted by Gasteiger charge is 2.17. The van der Waals surface area contributed by atoms with E-state index in [4.69, 9.17) is 9.97 Å². The minimum atomic E-state index is 0.0843. The topological polar surface area (TPSA) is 49.2 Å². The normalized spacial score (nSPS) is 10.9. The molecule has 1 aromatic heterocycles. The maximum absolute atomic E-state index is 9.38. The smallest absolute Gasteiger partial charge is 0.148 e. The first-order valence-electron chi connectivity index (χ1n) is 8.56. The molecule has 1 heterocycles. The number of benzene rings is 2. The number of hydrogen-bond acceptors (Lipinski definition) is 4. The minimum absolute atomic E-state index is 0.0843. The first-order chi connectivity index (χ1) is 12.2. The van der Waals surface area contributed by atoms with Gasteiger partial charge in [-0.15, -0.1) is 0 Å². The van der Waals surface area contributed by atoms with Gasteiger partial charge in [0.2, 0.25) is 0 Å². The van der Waals surface area contributed by atoms with Crippen molar-refractivity contribution in [3.63, 3.8) is 0 Å². The molecule has 0 aliphatic carbocycles. The van der Waals surface area contributed by atoms with Crippen molar-refractivity contribution in [1.29, 1.82) is 0 Å². The quantitative estimate of drug-likeness (QED) is 0.740. The third kappa shape index (κ3) is 3.86. The largest absolute Gasteiger partial charge is 0.395 e. The highest BCUT2D eigenvalue weighted by molar-refractivity contribution is 5.78. The van der Waals surface area contributed by atoms with Crippen LogP contribution in [0.2, 0.25) is 0 Å². The molecule has 0 aliphatic heterocycles. The molecule has 4 nitrogen and oxygen atoms in total. The van der Waals surface area contributed by atoms with Gasteiger partial charge in [-0.3, -0.25) is 4.98 Å². The van der Waals surface area contributed by atoms with Gasteiger partial charge in [0.05, 0.1) is 24.2 Å².